The van der Waals surface area contributed by atoms with Crippen molar-refractivity contribution in [2.75, 3.05) is 27.2 Å². The molecule has 24 heavy (non-hydrogen) atoms. The van der Waals surface area contributed by atoms with Crippen LogP contribution in [0.4, 0.5) is 0 Å². The largest absolute Gasteiger partial charge is 0.320 e. The topological polar surface area (TPSA) is 104 Å². The van der Waals surface area contributed by atoms with Gasteiger partial charge in [0.25, 0.3) is 5.09 Å². The second-order valence-corrected chi connectivity index (χ2v) is 5.89. The Labute approximate surface area is 139 Å². The average molecular weight is 334 g/mol. The van der Waals surface area contributed by atoms with E-state index in [9.17, 15) is 14.9 Å². The summed E-state index contributed by atoms with van der Waals surface area (Å²) in [6.45, 7) is 0.664. The molecule has 2 aromatic rings. The second-order valence-electron chi connectivity index (χ2n) is 5.89. The quantitative estimate of drug-likeness (QED) is 0.576. The summed E-state index contributed by atoms with van der Waals surface area (Å²) in [6, 6.07) is 6.78. The third-order valence-electron chi connectivity index (χ3n) is 3.80. The number of benzene rings is 1. The van der Waals surface area contributed by atoms with Crippen LogP contribution in [0.1, 0.15) is 16.8 Å². The van der Waals surface area contributed by atoms with Crippen molar-refractivity contribution in [3.8, 4) is 0 Å². The minimum atomic E-state index is -0.887. The summed E-state index contributed by atoms with van der Waals surface area (Å²) in [5, 5.41) is 10.3. The van der Waals surface area contributed by atoms with Gasteiger partial charge in [-0.2, -0.15) is 0 Å². The van der Waals surface area contributed by atoms with E-state index >= 15 is 0 Å². The third-order valence-corrected chi connectivity index (χ3v) is 3.80. The van der Waals surface area contributed by atoms with Crippen LogP contribution in [-0.2, 0) is 11.3 Å². The van der Waals surface area contributed by atoms with Crippen molar-refractivity contribution in [1.82, 2.24) is 9.47 Å². The molecule has 130 valence electrons. The van der Waals surface area contributed by atoms with E-state index in [0.717, 1.165) is 29.4 Å². The normalized spacial score (nSPS) is 12.5. The Morgan fingerprint density at radius 2 is 2.12 bits per heavy atom. The maximum atomic E-state index is 12.6. The van der Waals surface area contributed by atoms with Crippen molar-refractivity contribution in [2.24, 2.45) is 5.73 Å². The first-order valence-electron chi connectivity index (χ1n) is 7.71. The lowest BCUT2D eigenvalue weighted by molar-refractivity contribution is -0.757. The summed E-state index contributed by atoms with van der Waals surface area (Å²) in [7, 11) is 3.99. The molecule has 0 saturated heterocycles. The van der Waals surface area contributed by atoms with E-state index in [1.54, 1.807) is 0 Å². The molecule has 1 aromatic carbocycles. The first-order valence-corrected chi connectivity index (χ1v) is 7.71. The number of para-hydroxylation sites is 1. The van der Waals surface area contributed by atoms with Gasteiger partial charge in [0, 0.05) is 18.1 Å². The van der Waals surface area contributed by atoms with E-state index in [-0.39, 0.29) is 18.9 Å². The van der Waals surface area contributed by atoms with Crippen LogP contribution in [0.15, 0.2) is 30.5 Å². The summed E-state index contributed by atoms with van der Waals surface area (Å²) >= 11 is 0. The molecule has 0 amide bonds. The van der Waals surface area contributed by atoms with Gasteiger partial charge in [0.2, 0.25) is 5.91 Å². The molecule has 1 aromatic heterocycles. The number of hydrogen-bond donors (Lipinski definition) is 1. The molecule has 0 fully saturated rings. The Morgan fingerprint density at radius 3 is 2.79 bits per heavy atom. The van der Waals surface area contributed by atoms with E-state index in [4.69, 9.17) is 5.73 Å². The van der Waals surface area contributed by atoms with Crippen molar-refractivity contribution < 1.29 is 14.7 Å². The highest BCUT2D eigenvalue weighted by Crippen LogP contribution is 2.22. The maximum Gasteiger partial charge on any atom is 0.294 e. The first kappa shape index (κ1) is 17.9. The zero-order chi connectivity index (χ0) is 17.7. The van der Waals surface area contributed by atoms with Gasteiger partial charge in [-0.1, -0.05) is 18.2 Å². The predicted molar refractivity (Wildman–Crippen MR) is 90.4 cm³/mol. The second kappa shape index (κ2) is 7.89. The van der Waals surface area contributed by atoms with Gasteiger partial charge < -0.3 is 15.5 Å². The van der Waals surface area contributed by atoms with Crippen molar-refractivity contribution in [2.45, 2.75) is 18.9 Å². The van der Waals surface area contributed by atoms with Crippen molar-refractivity contribution in [1.29, 1.82) is 0 Å². The summed E-state index contributed by atoms with van der Waals surface area (Å²) < 4.78 is 1.54. The van der Waals surface area contributed by atoms with Crippen molar-refractivity contribution in [3.63, 3.8) is 0 Å². The molecule has 8 heteroatoms. The summed E-state index contributed by atoms with van der Waals surface area (Å²) in [6.07, 6.45) is 2.71. The standard InChI is InChI=1S/C16H22N4O4/c1-18(2)9-7-12-11-19(15-6-4-3-5-13(12)15)16(21)14(17)8-10-24-20(22)23/h3-6,11,14H,7-10,17H2,1-2H3. The number of aromatic nitrogens is 1. The Hall–Kier alpha value is -2.45. The molecule has 0 bridgehead atoms. The number of likely N-dealkylation sites (N-methyl/N-ethyl adjacent to an activating group) is 1. The molecule has 0 aliphatic rings. The molecule has 2 N–H and O–H groups in total. The van der Waals surface area contributed by atoms with Gasteiger partial charge in [-0.15, -0.1) is 10.1 Å². The van der Waals surface area contributed by atoms with Gasteiger partial charge in [0.1, 0.15) is 0 Å². The van der Waals surface area contributed by atoms with Crippen molar-refractivity contribution >= 4 is 16.8 Å². The third kappa shape index (κ3) is 4.30. The average Bonchev–Trinajstić information content (AvgIpc) is 2.90. The van der Waals surface area contributed by atoms with Gasteiger partial charge in [-0.3, -0.25) is 9.36 Å². The molecule has 1 heterocycles. The highest BCUT2D eigenvalue weighted by Gasteiger charge is 2.19. The van der Waals surface area contributed by atoms with E-state index in [1.165, 1.54) is 4.57 Å². The van der Waals surface area contributed by atoms with Gasteiger partial charge >= 0.3 is 0 Å². The molecule has 0 aliphatic carbocycles. The molecule has 0 aliphatic heterocycles. The number of rotatable bonds is 8. The molecule has 0 saturated carbocycles. The van der Waals surface area contributed by atoms with Crippen LogP contribution in [0.25, 0.3) is 10.9 Å². The van der Waals surface area contributed by atoms with Gasteiger partial charge in [0.15, 0.2) is 0 Å². The maximum absolute atomic E-state index is 12.6. The van der Waals surface area contributed by atoms with E-state index in [0.29, 0.717) is 0 Å². The number of carbonyl (C=O) groups is 1. The number of hydrogen-bond acceptors (Lipinski definition) is 6. The molecule has 2 rings (SSSR count). The van der Waals surface area contributed by atoms with E-state index < -0.39 is 11.1 Å². The van der Waals surface area contributed by atoms with E-state index in [1.807, 2.05) is 44.6 Å². The fourth-order valence-corrected chi connectivity index (χ4v) is 2.53. The minimum absolute atomic E-state index is 0.0827. The van der Waals surface area contributed by atoms with Gasteiger partial charge in [-0.25, -0.2) is 0 Å². The Morgan fingerprint density at radius 1 is 1.42 bits per heavy atom. The summed E-state index contributed by atoms with van der Waals surface area (Å²) in [4.78, 5) is 29.1. The Bertz CT molecular complexity index is 726. The predicted octanol–water partition coefficient (Wildman–Crippen LogP) is 1.31. The lowest BCUT2D eigenvalue weighted by Gasteiger charge is -2.11. The van der Waals surface area contributed by atoms with Crippen LogP contribution in [0.2, 0.25) is 0 Å². The zero-order valence-electron chi connectivity index (χ0n) is 13.8. The summed E-state index contributed by atoms with van der Waals surface area (Å²) in [5.41, 5.74) is 7.74. The van der Waals surface area contributed by atoms with Crippen LogP contribution in [-0.4, -0.2) is 53.7 Å². The number of fused-ring (bicyclic) bond motifs is 1. The fourth-order valence-electron chi connectivity index (χ4n) is 2.53. The molecule has 0 radical (unpaired) electrons. The molecule has 8 nitrogen and oxygen atoms in total. The van der Waals surface area contributed by atoms with Crippen molar-refractivity contribution in [3.05, 3.63) is 46.1 Å². The molecule has 0 spiro atoms. The highest BCUT2D eigenvalue weighted by molar-refractivity contribution is 5.96. The van der Waals surface area contributed by atoms with Gasteiger partial charge in [0.05, 0.1) is 18.2 Å². The molecule has 1 unspecified atom stereocenters. The molecular weight excluding hydrogens is 312 g/mol. The van der Waals surface area contributed by atoms with E-state index in [2.05, 4.69) is 9.74 Å². The lowest BCUT2D eigenvalue weighted by Crippen LogP contribution is -2.35. The molecule has 1 atom stereocenters. The highest BCUT2D eigenvalue weighted by atomic mass is 16.9. The Kier molecular flexibility index (Phi) is 5.88. The molecular formula is C16H22N4O4. The van der Waals surface area contributed by atoms with Crippen LogP contribution >= 0.6 is 0 Å². The fraction of sp³-hybridized carbons (Fsp3) is 0.438. The Balaban J connectivity index is 2.21. The minimum Gasteiger partial charge on any atom is -0.320 e. The smallest absolute Gasteiger partial charge is 0.294 e. The van der Waals surface area contributed by atoms with Crippen LogP contribution in [0, 0.1) is 10.1 Å². The van der Waals surface area contributed by atoms with Crippen LogP contribution < -0.4 is 5.73 Å². The number of nitrogens with zero attached hydrogens (tertiary/aromatic N) is 3. The zero-order valence-corrected chi connectivity index (χ0v) is 13.8. The monoisotopic (exact) mass is 334 g/mol. The number of nitrogens with two attached hydrogens (primary N) is 1. The number of carbonyl (C=O) groups excluding carboxylic acids is 1. The SMILES string of the molecule is CN(C)CCc1cn(C(=O)C(N)CCO[N+](=O)[O-])c2ccccc12. The van der Waals surface area contributed by atoms with Crippen LogP contribution in [0.3, 0.4) is 0 Å². The lowest BCUT2D eigenvalue weighted by atomic mass is 10.1. The van der Waals surface area contributed by atoms with Gasteiger partial charge in [-0.05, 0) is 38.6 Å². The first-order chi connectivity index (χ1) is 11.4. The summed E-state index contributed by atoms with van der Waals surface area (Å²) in [5.74, 6) is -0.297. The van der Waals surface area contributed by atoms with Crippen LogP contribution in [0.5, 0.6) is 0 Å².